The number of halogens is 3. The summed E-state index contributed by atoms with van der Waals surface area (Å²) in [5.41, 5.74) is 0.224. The van der Waals surface area contributed by atoms with Crippen LogP contribution in [0.3, 0.4) is 0 Å². The van der Waals surface area contributed by atoms with E-state index in [1.807, 2.05) is 0 Å². The van der Waals surface area contributed by atoms with Crippen LogP contribution in [0.5, 0.6) is 5.75 Å². The zero-order valence-electron chi connectivity index (χ0n) is 18.1. The number of benzene rings is 1. The molecule has 0 amide bonds. The number of unbranched alkanes of at least 4 members (excludes halogenated alkanes) is 3. The summed E-state index contributed by atoms with van der Waals surface area (Å²) in [6, 6.07) is 6.21. The van der Waals surface area contributed by atoms with Crippen LogP contribution in [0.4, 0.5) is 13.2 Å². The molecule has 0 saturated heterocycles. The normalized spacial score (nSPS) is 21.6. The van der Waals surface area contributed by atoms with Crippen molar-refractivity contribution < 1.29 is 17.9 Å². The SMILES string of the molecule is CCCCCC[C@H](F)COc1ccc(C(F)=C(F)C2CCC(CCC)CC2)cc1. The minimum absolute atomic E-state index is 0.000838. The highest BCUT2D eigenvalue weighted by atomic mass is 19.2. The fraction of sp³-hybridized carbons (Fsp3) is 0.680. The van der Waals surface area contributed by atoms with E-state index >= 15 is 0 Å². The van der Waals surface area contributed by atoms with Crippen molar-refractivity contribution in [3.8, 4) is 5.75 Å². The highest BCUT2D eigenvalue weighted by molar-refractivity contribution is 5.62. The van der Waals surface area contributed by atoms with Gasteiger partial charge in [0.15, 0.2) is 5.83 Å². The van der Waals surface area contributed by atoms with Crippen molar-refractivity contribution in [2.24, 2.45) is 11.8 Å². The van der Waals surface area contributed by atoms with Gasteiger partial charge in [0, 0.05) is 11.5 Å². The molecule has 29 heavy (non-hydrogen) atoms. The van der Waals surface area contributed by atoms with Gasteiger partial charge in [0.2, 0.25) is 0 Å². The average Bonchev–Trinajstić information content (AvgIpc) is 2.75. The molecule has 1 saturated carbocycles. The van der Waals surface area contributed by atoms with Crippen LogP contribution >= 0.6 is 0 Å². The van der Waals surface area contributed by atoms with Gasteiger partial charge in [-0.2, -0.15) is 0 Å². The van der Waals surface area contributed by atoms with Gasteiger partial charge in [-0.25, -0.2) is 13.2 Å². The van der Waals surface area contributed by atoms with Gasteiger partial charge in [-0.3, -0.25) is 0 Å². The van der Waals surface area contributed by atoms with Crippen LogP contribution in [0.15, 0.2) is 30.1 Å². The molecule has 4 heteroatoms. The van der Waals surface area contributed by atoms with E-state index in [-0.39, 0.29) is 18.1 Å². The Bertz CT molecular complexity index is 603. The molecule has 1 aliphatic rings. The van der Waals surface area contributed by atoms with Gasteiger partial charge in [0.25, 0.3) is 0 Å². The Kier molecular flexibility index (Phi) is 10.7. The third-order valence-electron chi connectivity index (χ3n) is 6.02. The number of hydrogen-bond acceptors (Lipinski definition) is 1. The lowest BCUT2D eigenvalue weighted by atomic mass is 9.79. The lowest BCUT2D eigenvalue weighted by Crippen LogP contribution is -2.15. The first kappa shape index (κ1) is 23.8. The van der Waals surface area contributed by atoms with Crippen molar-refractivity contribution in [2.45, 2.75) is 90.6 Å². The molecule has 1 atom stereocenters. The van der Waals surface area contributed by atoms with Crippen LogP contribution in [0.1, 0.15) is 90.0 Å². The lowest BCUT2D eigenvalue weighted by molar-refractivity contribution is 0.184. The number of rotatable bonds is 12. The second kappa shape index (κ2) is 13.0. The summed E-state index contributed by atoms with van der Waals surface area (Å²) in [7, 11) is 0. The maximum Gasteiger partial charge on any atom is 0.162 e. The van der Waals surface area contributed by atoms with E-state index in [0.29, 0.717) is 18.1 Å². The Labute approximate surface area is 174 Å². The summed E-state index contributed by atoms with van der Waals surface area (Å²) < 4.78 is 48.6. The number of alkyl halides is 1. The van der Waals surface area contributed by atoms with Gasteiger partial charge in [0.1, 0.15) is 24.4 Å². The minimum Gasteiger partial charge on any atom is -0.491 e. The fourth-order valence-electron chi connectivity index (χ4n) is 4.19. The van der Waals surface area contributed by atoms with Gasteiger partial charge >= 0.3 is 0 Å². The maximum absolute atomic E-state index is 14.6. The predicted octanol–water partition coefficient (Wildman–Crippen LogP) is 8.59. The molecule has 0 aromatic heterocycles. The molecule has 0 aliphatic heterocycles. The number of allylic oxidation sites excluding steroid dienone is 1. The molecule has 2 rings (SSSR count). The summed E-state index contributed by atoms with van der Waals surface area (Å²) in [6.45, 7) is 4.29. The van der Waals surface area contributed by atoms with Crippen molar-refractivity contribution in [1.82, 2.24) is 0 Å². The highest BCUT2D eigenvalue weighted by Gasteiger charge is 2.26. The lowest BCUT2D eigenvalue weighted by Gasteiger charge is -2.27. The van der Waals surface area contributed by atoms with E-state index in [1.54, 1.807) is 12.1 Å². The molecule has 0 heterocycles. The molecule has 1 aromatic carbocycles. The summed E-state index contributed by atoms with van der Waals surface area (Å²) in [5.74, 6) is -0.550. The van der Waals surface area contributed by atoms with Crippen LogP contribution in [0, 0.1) is 11.8 Å². The third-order valence-corrected chi connectivity index (χ3v) is 6.02. The molecule has 0 unspecified atom stereocenters. The first-order chi connectivity index (χ1) is 14.0. The Balaban J connectivity index is 1.83. The molecular formula is C25H37F3O. The molecule has 0 radical (unpaired) electrons. The Morgan fingerprint density at radius 1 is 0.966 bits per heavy atom. The highest BCUT2D eigenvalue weighted by Crippen LogP contribution is 2.39. The van der Waals surface area contributed by atoms with Crippen LogP contribution < -0.4 is 4.74 Å². The van der Waals surface area contributed by atoms with Crippen molar-refractivity contribution in [3.63, 3.8) is 0 Å². The van der Waals surface area contributed by atoms with Gasteiger partial charge in [-0.05, 0) is 62.3 Å². The van der Waals surface area contributed by atoms with E-state index in [2.05, 4.69) is 13.8 Å². The van der Waals surface area contributed by atoms with Gasteiger partial charge in [-0.15, -0.1) is 0 Å². The van der Waals surface area contributed by atoms with Crippen molar-refractivity contribution in [1.29, 1.82) is 0 Å². The number of ether oxygens (including phenoxy) is 1. The van der Waals surface area contributed by atoms with Crippen LogP contribution in [-0.2, 0) is 0 Å². The van der Waals surface area contributed by atoms with Crippen LogP contribution in [-0.4, -0.2) is 12.8 Å². The molecule has 0 N–H and O–H groups in total. The van der Waals surface area contributed by atoms with Gasteiger partial charge < -0.3 is 4.74 Å². The zero-order valence-corrected chi connectivity index (χ0v) is 18.1. The summed E-state index contributed by atoms with van der Waals surface area (Å²) >= 11 is 0. The zero-order chi connectivity index (χ0) is 21.1. The standard InChI is InChI=1S/C25H37F3O/c1-3-5-6-7-9-22(26)18-29-23-16-14-21(15-17-23)25(28)24(27)20-12-10-19(8-4-2)11-13-20/h14-17,19-20,22H,3-13,18H2,1-2H3/t19?,20?,22-/m0/s1. The summed E-state index contributed by atoms with van der Waals surface area (Å²) in [6.07, 6.45) is 9.42. The van der Waals surface area contributed by atoms with E-state index < -0.39 is 17.8 Å². The molecular weight excluding hydrogens is 373 g/mol. The monoisotopic (exact) mass is 410 g/mol. The molecule has 1 fully saturated rings. The first-order valence-corrected chi connectivity index (χ1v) is 11.5. The summed E-state index contributed by atoms with van der Waals surface area (Å²) in [5, 5.41) is 0. The van der Waals surface area contributed by atoms with Crippen molar-refractivity contribution >= 4 is 5.83 Å². The second-order valence-electron chi connectivity index (χ2n) is 8.45. The smallest absolute Gasteiger partial charge is 0.162 e. The number of hydrogen-bond donors (Lipinski definition) is 0. The Morgan fingerprint density at radius 2 is 1.66 bits per heavy atom. The predicted molar refractivity (Wildman–Crippen MR) is 115 cm³/mol. The Hall–Kier alpha value is -1.45. The minimum atomic E-state index is -0.997. The van der Waals surface area contributed by atoms with E-state index in [1.165, 1.54) is 18.6 Å². The third kappa shape index (κ3) is 8.06. The molecule has 1 aromatic rings. The largest absolute Gasteiger partial charge is 0.491 e. The molecule has 1 nitrogen and oxygen atoms in total. The average molecular weight is 411 g/mol. The van der Waals surface area contributed by atoms with Gasteiger partial charge in [-0.1, -0.05) is 52.4 Å². The van der Waals surface area contributed by atoms with E-state index in [0.717, 1.165) is 57.8 Å². The van der Waals surface area contributed by atoms with Crippen LogP contribution in [0.2, 0.25) is 0 Å². The quantitative estimate of drug-likeness (QED) is 0.313. The van der Waals surface area contributed by atoms with Crippen LogP contribution in [0.25, 0.3) is 5.83 Å². The first-order valence-electron chi connectivity index (χ1n) is 11.5. The second-order valence-corrected chi connectivity index (χ2v) is 8.45. The molecule has 0 spiro atoms. The fourth-order valence-corrected chi connectivity index (χ4v) is 4.19. The maximum atomic E-state index is 14.6. The van der Waals surface area contributed by atoms with E-state index in [4.69, 9.17) is 4.74 Å². The molecule has 164 valence electrons. The van der Waals surface area contributed by atoms with E-state index in [9.17, 15) is 13.2 Å². The topological polar surface area (TPSA) is 9.23 Å². The van der Waals surface area contributed by atoms with Gasteiger partial charge in [0.05, 0.1) is 0 Å². The Morgan fingerprint density at radius 3 is 2.28 bits per heavy atom. The molecule has 1 aliphatic carbocycles. The van der Waals surface area contributed by atoms with Crippen molar-refractivity contribution in [2.75, 3.05) is 6.61 Å². The molecule has 0 bridgehead atoms. The summed E-state index contributed by atoms with van der Waals surface area (Å²) in [4.78, 5) is 0. The van der Waals surface area contributed by atoms with Crippen molar-refractivity contribution in [3.05, 3.63) is 35.7 Å².